The van der Waals surface area contributed by atoms with Gasteiger partial charge in [-0.05, 0) is 35.2 Å². The smallest absolute Gasteiger partial charge is 0.237 e. The van der Waals surface area contributed by atoms with Crippen LogP contribution in [0.4, 0.5) is 0 Å². The van der Waals surface area contributed by atoms with Gasteiger partial charge in [-0.1, -0.05) is 45.0 Å². The molecule has 3 N–H and O–H groups in total. The molecule has 0 saturated carbocycles. The van der Waals surface area contributed by atoms with E-state index in [0.717, 1.165) is 22.3 Å². The van der Waals surface area contributed by atoms with Gasteiger partial charge in [-0.15, -0.1) is 12.4 Å². The van der Waals surface area contributed by atoms with Gasteiger partial charge in [0.05, 0.1) is 17.1 Å². The normalized spacial score (nSPS) is 12.5. The largest absolute Gasteiger partial charge is 0.351 e. The van der Waals surface area contributed by atoms with Crippen molar-refractivity contribution in [2.75, 3.05) is 0 Å². The van der Waals surface area contributed by atoms with Crippen LogP contribution in [0.15, 0.2) is 54.9 Å². The second kappa shape index (κ2) is 7.89. The number of amides is 1. The Labute approximate surface area is 160 Å². The summed E-state index contributed by atoms with van der Waals surface area (Å²) in [5.41, 5.74) is 9.83. The van der Waals surface area contributed by atoms with Crippen LogP contribution in [0, 0.1) is 5.41 Å². The first kappa shape index (κ1) is 19.9. The molecule has 0 aliphatic rings. The molecule has 5 nitrogen and oxygen atoms in total. The van der Waals surface area contributed by atoms with Gasteiger partial charge in [0.25, 0.3) is 0 Å². The summed E-state index contributed by atoms with van der Waals surface area (Å²) in [6, 6.07) is 15.6. The van der Waals surface area contributed by atoms with Gasteiger partial charge in [0.2, 0.25) is 5.91 Å². The summed E-state index contributed by atoms with van der Waals surface area (Å²) >= 11 is 0. The van der Waals surface area contributed by atoms with Gasteiger partial charge >= 0.3 is 0 Å². The molecule has 0 bridgehead atoms. The van der Waals surface area contributed by atoms with Crippen molar-refractivity contribution >= 4 is 29.3 Å². The van der Waals surface area contributed by atoms with Crippen molar-refractivity contribution in [2.45, 2.75) is 33.4 Å². The zero-order chi connectivity index (χ0) is 18.0. The average Bonchev–Trinajstić information content (AvgIpc) is 3.03. The number of hydrogen-bond donors (Lipinski definition) is 2. The molecule has 26 heavy (non-hydrogen) atoms. The molecule has 0 saturated heterocycles. The average molecular weight is 373 g/mol. The molecule has 0 spiro atoms. The maximum Gasteiger partial charge on any atom is 0.237 e. The van der Waals surface area contributed by atoms with Gasteiger partial charge in [-0.25, -0.2) is 4.98 Å². The minimum atomic E-state index is -0.524. The highest BCUT2D eigenvalue weighted by atomic mass is 35.5. The summed E-state index contributed by atoms with van der Waals surface area (Å²) in [5, 5.41) is 2.91. The molecule has 1 heterocycles. The number of nitrogens with two attached hydrogens (primary N) is 1. The fourth-order valence-corrected chi connectivity index (χ4v) is 2.63. The number of para-hydroxylation sites is 2. The molecule has 0 unspecified atom stereocenters. The Balaban J connectivity index is 0.00000243. The predicted octanol–water partition coefficient (Wildman–Crippen LogP) is 3.44. The Morgan fingerprint density at radius 3 is 2.46 bits per heavy atom. The van der Waals surface area contributed by atoms with Gasteiger partial charge in [-0.3, -0.25) is 9.36 Å². The quantitative estimate of drug-likeness (QED) is 0.736. The summed E-state index contributed by atoms with van der Waals surface area (Å²) in [6.45, 7) is 6.35. The van der Waals surface area contributed by atoms with Crippen LogP contribution in [0.5, 0.6) is 0 Å². The van der Waals surface area contributed by atoms with Crippen LogP contribution in [-0.4, -0.2) is 21.5 Å². The number of nitrogens with zero attached hydrogens (tertiary/aromatic N) is 2. The monoisotopic (exact) mass is 372 g/mol. The maximum atomic E-state index is 12.1. The molecular formula is C20H25ClN4O. The fourth-order valence-electron chi connectivity index (χ4n) is 2.63. The third-order valence-electron chi connectivity index (χ3n) is 4.35. The summed E-state index contributed by atoms with van der Waals surface area (Å²) in [5.74, 6) is -0.128. The van der Waals surface area contributed by atoms with E-state index in [1.165, 1.54) is 0 Å². The van der Waals surface area contributed by atoms with Crippen LogP contribution in [-0.2, 0) is 11.3 Å². The highest BCUT2D eigenvalue weighted by molar-refractivity contribution is 5.85. The Hall–Kier alpha value is -2.37. The maximum absolute atomic E-state index is 12.1. The number of halogens is 1. The molecule has 2 aromatic carbocycles. The van der Waals surface area contributed by atoms with E-state index in [2.05, 4.69) is 10.3 Å². The lowest BCUT2D eigenvalue weighted by Gasteiger charge is -2.25. The molecule has 1 amide bonds. The zero-order valence-electron chi connectivity index (χ0n) is 15.3. The number of rotatable bonds is 4. The number of benzene rings is 2. The molecule has 138 valence electrons. The lowest BCUT2D eigenvalue weighted by Crippen LogP contribution is -2.48. The molecule has 6 heteroatoms. The number of nitrogens with one attached hydrogen (secondary N) is 1. The van der Waals surface area contributed by atoms with Crippen molar-refractivity contribution in [1.82, 2.24) is 14.9 Å². The zero-order valence-corrected chi connectivity index (χ0v) is 16.1. The van der Waals surface area contributed by atoms with Gasteiger partial charge in [0, 0.05) is 12.2 Å². The van der Waals surface area contributed by atoms with Crippen molar-refractivity contribution < 1.29 is 4.79 Å². The Kier molecular flexibility index (Phi) is 6.05. The van der Waals surface area contributed by atoms with Crippen LogP contribution < -0.4 is 11.1 Å². The summed E-state index contributed by atoms with van der Waals surface area (Å²) in [4.78, 5) is 16.5. The first-order chi connectivity index (χ1) is 11.9. The first-order valence-electron chi connectivity index (χ1n) is 8.41. The number of carbonyl (C=O) groups is 1. The SMILES string of the molecule is CC(C)(C)[C@H](N)C(=O)NCc1ccc(-n2cnc3ccccc32)cc1.Cl. The van der Waals surface area contributed by atoms with Gasteiger partial charge in [-0.2, -0.15) is 0 Å². The van der Waals surface area contributed by atoms with E-state index in [1.807, 2.05) is 80.2 Å². The third-order valence-corrected chi connectivity index (χ3v) is 4.35. The van der Waals surface area contributed by atoms with E-state index in [1.54, 1.807) is 0 Å². The van der Waals surface area contributed by atoms with Crippen molar-refractivity contribution in [2.24, 2.45) is 11.1 Å². The minimum absolute atomic E-state index is 0. The number of fused-ring (bicyclic) bond motifs is 1. The van der Waals surface area contributed by atoms with Crippen molar-refractivity contribution in [3.05, 3.63) is 60.4 Å². The van der Waals surface area contributed by atoms with E-state index in [4.69, 9.17) is 5.73 Å². The van der Waals surface area contributed by atoms with Gasteiger partial charge in [0.15, 0.2) is 0 Å². The number of carbonyl (C=O) groups excluding carboxylic acids is 1. The summed E-state index contributed by atoms with van der Waals surface area (Å²) < 4.78 is 2.05. The molecular weight excluding hydrogens is 348 g/mol. The highest BCUT2D eigenvalue weighted by Crippen LogP contribution is 2.19. The van der Waals surface area contributed by atoms with Crippen molar-refractivity contribution in [1.29, 1.82) is 0 Å². The van der Waals surface area contributed by atoms with E-state index >= 15 is 0 Å². The van der Waals surface area contributed by atoms with Gasteiger partial charge < -0.3 is 11.1 Å². The van der Waals surface area contributed by atoms with E-state index in [9.17, 15) is 4.79 Å². The van der Waals surface area contributed by atoms with Crippen molar-refractivity contribution in [3.8, 4) is 5.69 Å². The lowest BCUT2D eigenvalue weighted by molar-refractivity contribution is -0.124. The Morgan fingerprint density at radius 2 is 1.81 bits per heavy atom. The Bertz CT molecular complexity index is 881. The van der Waals surface area contributed by atoms with Crippen LogP contribution in [0.3, 0.4) is 0 Å². The molecule has 1 aromatic heterocycles. The number of imidazole rings is 1. The van der Waals surface area contributed by atoms with E-state index in [0.29, 0.717) is 6.54 Å². The second-order valence-corrected chi connectivity index (χ2v) is 7.33. The van der Waals surface area contributed by atoms with Crippen LogP contribution in [0.25, 0.3) is 16.7 Å². The summed E-state index contributed by atoms with van der Waals surface area (Å²) in [7, 11) is 0. The predicted molar refractivity (Wildman–Crippen MR) is 108 cm³/mol. The standard InChI is InChI=1S/C20H24N4O.ClH/c1-20(2,3)18(21)19(25)22-12-14-8-10-15(11-9-14)24-13-23-16-6-4-5-7-17(16)24;/h4-11,13,18H,12,21H2,1-3H3,(H,22,25);1H/t18-;/m1./s1. The van der Waals surface area contributed by atoms with Crippen LogP contribution in [0.1, 0.15) is 26.3 Å². The molecule has 0 aliphatic carbocycles. The topological polar surface area (TPSA) is 72.9 Å². The van der Waals surface area contributed by atoms with Crippen LogP contribution in [0.2, 0.25) is 0 Å². The molecule has 3 aromatic rings. The third kappa shape index (κ3) is 4.23. The molecule has 0 fully saturated rings. The highest BCUT2D eigenvalue weighted by Gasteiger charge is 2.27. The van der Waals surface area contributed by atoms with Gasteiger partial charge in [0.1, 0.15) is 6.33 Å². The number of aromatic nitrogens is 2. The van der Waals surface area contributed by atoms with E-state index in [-0.39, 0.29) is 23.7 Å². The molecule has 1 atom stereocenters. The molecule has 0 radical (unpaired) electrons. The lowest BCUT2D eigenvalue weighted by atomic mass is 9.87. The van der Waals surface area contributed by atoms with Crippen LogP contribution >= 0.6 is 12.4 Å². The summed E-state index contributed by atoms with van der Waals surface area (Å²) in [6.07, 6.45) is 1.82. The second-order valence-electron chi connectivity index (χ2n) is 7.33. The van der Waals surface area contributed by atoms with Crippen molar-refractivity contribution in [3.63, 3.8) is 0 Å². The minimum Gasteiger partial charge on any atom is -0.351 e. The molecule has 3 rings (SSSR count). The van der Waals surface area contributed by atoms with E-state index < -0.39 is 6.04 Å². The number of hydrogen-bond acceptors (Lipinski definition) is 3. The molecule has 0 aliphatic heterocycles. The fraction of sp³-hybridized carbons (Fsp3) is 0.300. The Morgan fingerprint density at radius 1 is 1.15 bits per heavy atom. The first-order valence-corrected chi connectivity index (χ1v) is 8.41.